The van der Waals surface area contributed by atoms with Gasteiger partial charge in [-0.15, -0.1) is 0 Å². The molecule has 0 atom stereocenters. The molecule has 0 aliphatic carbocycles. The van der Waals surface area contributed by atoms with E-state index in [0.29, 0.717) is 11.7 Å². The van der Waals surface area contributed by atoms with Gasteiger partial charge >= 0.3 is 0 Å². The summed E-state index contributed by atoms with van der Waals surface area (Å²) in [7, 11) is 0. The maximum atomic E-state index is 5.90. The second-order valence-electron chi connectivity index (χ2n) is 4.62. The van der Waals surface area contributed by atoms with Gasteiger partial charge in [-0.3, -0.25) is 4.90 Å². The van der Waals surface area contributed by atoms with Crippen LogP contribution in [0.25, 0.3) is 0 Å². The molecule has 1 aromatic heterocycles. The smallest absolute Gasteiger partial charge is 0.240 e. The summed E-state index contributed by atoms with van der Waals surface area (Å²) in [6, 6.07) is 0. The molecule has 2 heterocycles. The largest absolute Gasteiger partial charge is 0.338 e. The van der Waals surface area contributed by atoms with Crippen LogP contribution in [0.2, 0.25) is 0 Å². The molecular weight excluding hydrogens is 224 g/mol. The van der Waals surface area contributed by atoms with Crippen molar-refractivity contribution < 1.29 is 4.52 Å². The molecule has 1 saturated heterocycles. The molecular formula is C10H18N4OS. The summed E-state index contributed by atoms with van der Waals surface area (Å²) < 4.78 is 5.20. The van der Waals surface area contributed by atoms with E-state index in [1.165, 1.54) is 11.5 Å². The lowest BCUT2D eigenvalue weighted by Gasteiger charge is -2.24. The summed E-state index contributed by atoms with van der Waals surface area (Å²) in [4.78, 5) is 6.66. The monoisotopic (exact) mass is 242 g/mol. The lowest BCUT2D eigenvalue weighted by molar-refractivity contribution is 0.244. The van der Waals surface area contributed by atoms with E-state index >= 15 is 0 Å². The summed E-state index contributed by atoms with van der Waals surface area (Å²) in [5, 5.41) is 3.91. The number of nitrogens with zero attached hydrogens (tertiary/aromatic N) is 3. The standard InChI is InChI=1S/C10H18N4OS/c1-10(2,11)9-12-8(15-13-9)7-14-3-5-16-6-4-14/h3-7,11H2,1-2H3. The third kappa shape index (κ3) is 2.96. The van der Waals surface area contributed by atoms with E-state index in [4.69, 9.17) is 10.3 Å². The highest BCUT2D eigenvalue weighted by Crippen LogP contribution is 2.15. The van der Waals surface area contributed by atoms with Crippen LogP contribution in [0.3, 0.4) is 0 Å². The Kier molecular flexibility index (Phi) is 3.51. The average Bonchev–Trinajstić information content (AvgIpc) is 2.67. The zero-order chi connectivity index (χ0) is 11.6. The van der Waals surface area contributed by atoms with E-state index in [1.807, 2.05) is 25.6 Å². The number of aromatic nitrogens is 2. The maximum absolute atomic E-state index is 5.90. The number of hydrogen-bond acceptors (Lipinski definition) is 6. The Balaban J connectivity index is 1.97. The Morgan fingerprint density at radius 3 is 2.69 bits per heavy atom. The molecule has 2 rings (SSSR count). The van der Waals surface area contributed by atoms with Gasteiger partial charge in [0.1, 0.15) is 0 Å². The first-order chi connectivity index (χ1) is 7.55. The molecule has 1 fully saturated rings. The van der Waals surface area contributed by atoms with E-state index in [2.05, 4.69) is 15.0 Å². The van der Waals surface area contributed by atoms with Crippen molar-refractivity contribution in [2.75, 3.05) is 24.6 Å². The second kappa shape index (κ2) is 4.73. The van der Waals surface area contributed by atoms with Gasteiger partial charge in [-0.05, 0) is 13.8 Å². The topological polar surface area (TPSA) is 68.2 Å². The van der Waals surface area contributed by atoms with Gasteiger partial charge in [-0.1, -0.05) is 5.16 Å². The minimum Gasteiger partial charge on any atom is -0.338 e. The molecule has 0 bridgehead atoms. The number of nitrogens with two attached hydrogens (primary N) is 1. The molecule has 1 aliphatic heterocycles. The zero-order valence-corrected chi connectivity index (χ0v) is 10.6. The minimum atomic E-state index is -0.528. The third-order valence-corrected chi connectivity index (χ3v) is 3.45. The van der Waals surface area contributed by atoms with Gasteiger partial charge in [0.2, 0.25) is 5.89 Å². The fraction of sp³-hybridized carbons (Fsp3) is 0.800. The lowest BCUT2D eigenvalue weighted by Crippen LogP contribution is -2.32. The zero-order valence-electron chi connectivity index (χ0n) is 9.77. The molecule has 90 valence electrons. The van der Waals surface area contributed by atoms with E-state index in [0.717, 1.165) is 19.6 Å². The van der Waals surface area contributed by atoms with Crippen molar-refractivity contribution in [3.63, 3.8) is 0 Å². The number of rotatable bonds is 3. The molecule has 0 spiro atoms. The highest BCUT2D eigenvalue weighted by atomic mass is 32.2. The van der Waals surface area contributed by atoms with Crippen molar-refractivity contribution in [3.8, 4) is 0 Å². The van der Waals surface area contributed by atoms with Crippen molar-refractivity contribution in [3.05, 3.63) is 11.7 Å². The lowest BCUT2D eigenvalue weighted by atomic mass is 10.1. The van der Waals surface area contributed by atoms with Crippen LogP contribution in [0.4, 0.5) is 0 Å². The van der Waals surface area contributed by atoms with E-state index < -0.39 is 5.54 Å². The molecule has 0 radical (unpaired) electrons. The molecule has 1 aromatic rings. The van der Waals surface area contributed by atoms with Gasteiger partial charge < -0.3 is 10.3 Å². The summed E-state index contributed by atoms with van der Waals surface area (Å²) in [6.45, 7) is 6.67. The minimum absolute atomic E-state index is 0.528. The van der Waals surface area contributed by atoms with Gasteiger partial charge in [-0.25, -0.2) is 0 Å². The molecule has 2 N–H and O–H groups in total. The van der Waals surface area contributed by atoms with Crippen LogP contribution in [0, 0.1) is 0 Å². The molecule has 6 heteroatoms. The normalized spacial score (nSPS) is 18.9. The van der Waals surface area contributed by atoms with Crippen molar-refractivity contribution in [1.82, 2.24) is 15.0 Å². The first-order valence-electron chi connectivity index (χ1n) is 5.48. The van der Waals surface area contributed by atoms with Gasteiger partial charge in [0.25, 0.3) is 0 Å². The first kappa shape index (κ1) is 11.9. The summed E-state index contributed by atoms with van der Waals surface area (Å²) in [6.07, 6.45) is 0. The Morgan fingerprint density at radius 1 is 1.44 bits per heavy atom. The van der Waals surface area contributed by atoms with Crippen LogP contribution in [0.5, 0.6) is 0 Å². The van der Waals surface area contributed by atoms with Crippen LogP contribution in [-0.4, -0.2) is 39.6 Å². The highest BCUT2D eigenvalue weighted by molar-refractivity contribution is 7.99. The molecule has 0 saturated carbocycles. The third-order valence-electron chi connectivity index (χ3n) is 2.51. The second-order valence-corrected chi connectivity index (χ2v) is 5.85. The average molecular weight is 242 g/mol. The van der Waals surface area contributed by atoms with Gasteiger partial charge in [-0.2, -0.15) is 16.7 Å². The molecule has 0 amide bonds. The van der Waals surface area contributed by atoms with Crippen molar-refractivity contribution >= 4 is 11.8 Å². The SMILES string of the molecule is CC(C)(N)c1noc(CN2CCSCC2)n1. The van der Waals surface area contributed by atoms with Gasteiger partial charge in [0, 0.05) is 24.6 Å². The predicted octanol–water partition coefficient (Wildman–Crippen LogP) is 0.812. The molecule has 0 aromatic carbocycles. The molecule has 1 aliphatic rings. The number of thioether (sulfide) groups is 1. The van der Waals surface area contributed by atoms with Crippen LogP contribution in [-0.2, 0) is 12.1 Å². The Morgan fingerprint density at radius 2 is 2.12 bits per heavy atom. The van der Waals surface area contributed by atoms with Gasteiger partial charge in [0.05, 0.1) is 12.1 Å². The van der Waals surface area contributed by atoms with Crippen molar-refractivity contribution in [2.45, 2.75) is 25.9 Å². The first-order valence-corrected chi connectivity index (χ1v) is 6.63. The molecule has 16 heavy (non-hydrogen) atoms. The molecule has 0 unspecified atom stereocenters. The predicted molar refractivity (Wildman–Crippen MR) is 64.1 cm³/mol. The maximum Gasteiger partial charge on any atom is 0.240 e. The summed E-state index contributed by atoms with van der Waals surface area (Å²) in [5.41, 5.74) is 5.37. The summed E-state index contributed by atoms with van der Waals surface area (Å²) >= 11 is 1.99. The fourth-order valence-electron chi connectivity index (χ4n) is 1.53. The Hall–Kier alpha value is -0.590. The van der Waals surface area contributed by atoms with Crippen molar-refractivity contribution in [1.29, 1.82) is 0 Å². The van der Waals surface area contributed by atoms with Crippen molar-refractivity contribution in [2.24, 2.45) is 5.73 Å². The fourth-order valence-corrected chi connectivity index (χ4v) is 2.51. The van der Waals surface area contributed by atoms with Crippen LogP contribution < -0.4 is 5.73 Å². The van der Waals surface area contributed by atoms with E-state index in [1.54, 1.807) is 0 Å². The quantitative estimate of drug-likeness (QED) is 0.846. The Bertz CT molecular complexity index is 341. The van der Waals surface area contributed by atoms with E-state index in [9.17, 15) is 0 Å². The van der Waals surface area contributed by atoms with Crippen LogP contribution >= 0.6 is 11.8 Å². The van der Waals surface area contributed by atoms with Gasteiger partial charge in [0.15, 0.2) is 5.82 Å². The highest BCUT2D eigenvalue weighted by Gasteiger charge is 2.22. The number of hydrogen-bond donors (Lipinski definition) is 1. The summed E-state index contributed by atoms with van der Waals surface area (Å²) in [5.74, 6) is 3.61. The van der Waals surface area contributed by atoms with E-state index in [-0.39, 0.29) is 0 Å². The van der Waals surface area contributed by atoms with Crippen LogP contribution in [0.15, 0.2) is 4.52 Å². The Labute approximate surface area is 99.8 Å². The molecule has 5 nitrogen and oxygen atoms in total. The van der Waals surface area contributed by atoms with Crippen LogP contribution in [0.1, 0.15) is 25.6 Å².